The maximum absolute atomic E-state index is 11.9. The Morgan fingerprint density at radius 2 is 1.96 bits per heavy atom. The van der Waals surface area contributed by atoms with E-state index in [0.29, 0.717) is 6.42 Å². The zero-order valence-electron chi connectivity index (χ0n) is 12.7. The van der Waals surface area contributed by atoms with Crippen molar-refractivity contribution in [3.8, 4) is 10.4 Å². The molecule has 0 radical (unpaired) electrons. The summed E-state index contributed by atoms with van der Waals surface area (Å²) in [7, 11) is -2.98. The average molecular weight is 426 g/mol. The number of amides is 1. The van der Waals surface area contributed by atoms with Gasteiger partial charge in [-0.2, -0.15) is 0 Å². The molecule has 1 amide bonds. The van der Waals surface area contributed by atoms with Crippen molar-refractivity contribution in [1.29, 1.82) is 0 Å². The van der Waals surface area contributed by atoms with Gasteiger partial charge in [0.15, 0.2) is 9.84 Å². The number of carbonyl (C=O) groups is 1. The number of hydrogen-bond acceptors (Lipinski definition) is 4. The van der Waals surface area contributed by atoms with E-state index in [9.17, 15) is 13.2 Å². The molecule has 126 valence electrons. The van der Waals surface area contributed by atoms with Crippen LogP contribution in [0.25, 0.3) is 16.5 Å². The van der Waals surface area contributed by atoms with Crippen LogP contribution in [-0.2, 0) is 14.6 Å². The fourth-order valence-corrected chi connectivity index (χ4v) is 5.38. The monoisotopic (exact) mass is 425 g/mol. The summed E-state index contributed by atoms with van der Waals surface area (Å²) in [5.41, 5.74) is 1.13. The molecule has 1 atom stereocenters. The average Bonchev–Trinajstić information content (AvgIpc) is 3.12. The number of carbonyl (C=O) groups excluding carboxylic acids is 1. The van der Waals surface area contributed by atoms with E-state index in [1.807, 2.05) is 36.4 Å². The van der Waals surface area contributed by atoms with Crippen molar-refractivity contribution in [2.45, 2.75) is 12.5 Å². The van der Waals surface area contributed by atoms with Gasteiger partial charge in [-0.05, 0) is 42.3 Å². The normalized spacial score (nSPS) is 19.6. The Morgan fingerprint density at radius 3 is 2.62 bits per heavy atom. The summed E-state index contributed by atoms with van der Waals surface area (Å²) in [4.78, 5) is 14.0. The molecule has 0 bridgehead atoms. The molecule has 1 aliphatic rings. The molecule has 1 fully saturated rings. The van der Waals surface area contributed by atoms with Gasteiger partial charge in [0.05, 0.1) is 11.5 Å². The number of rotatable bonds is 4. The molecular weight excluding hydrogens is 410 g/mol. The van der Waals surface area contributed by atoms with Crippen LogP contribution in [0, 0.1) is 0 Å². The van der Waals surface area contributed by atoms with E-state index < -0.39 is 9.84 Å². The lowest BCUT2D eigenvalue weighted by molar-refractivity contribution is -0.116. The first-order valence-electron chi connectivity index (χ1n) is 7.46. The molecule has 0 spiro atoms. The number of thiophene rings is 1. The first-order valence-corrected chi connectivity index (χ1v) is 10.9. The van der Waals surface area contributed by atoms with Crippen molar-refractivity contribution in [2.24, 2.45) is 0 Å². The molecule has 7 heteroatoms. The van der Waals surface area contributed by atoms with Crippen molar-refractivity contribution in [3.63, 3.8) is 0 Å². The van der Waals surface area contributed by atoms with E-state index in [2.05, 4.69) is 21.2 Å². The van der Waals surface area contributed by atoms with Crippen LogP contribution in [0.4, 0.5) is 0 Å². The number of benzene rings is 1. The smallest absolute Gasteiger partial charge is 0.244 e. The lowest BCUT2D eigenvalue weighted by Crippen LogP contribution is -2.34. The fourth-order valence-electron chi connectivity index (χ4n) is 2.53. The number of halogens is 1. The van der Waals surface area contributed by atoms with Crippen molar-refractivity contribution >= 4 is 49.1 Å². The van der Waals surface area contributed by atoms with Gasteiger partial charge in [0.2, 0.25) is 5.91 Å². The van der Waals surface area contributed by atoms with Gasteiger partial charge in [0, 0.05) is 26.3 Å². The Hall–Kier alpha value is -1.44. The van der Waals surface area contributed by atoms with Gasteiger partial charge >= 0.3 is 0 Å². The Labute approximate surface area is 153 Å². The zero-order valence-corrected chi connectivity index (χ0v) is 16.0. The van der Waals surface area contributed by atoms with Gasteiger partial charge in [-0.3, -0.25) is 4.79 Å². The second-order valence-electron chi connectivity index (χ2n) is 5.65. The minimum Gasteiger partial charge on any atom is -0.349 e. The second-order valence-corrected chi connectivity index (χ2v) is 9.91. The molecule has 2 aromatic rings. The summed E-state index contributed by atoms with van der Waals surface area (Å²) in [6.45, 7) is 0. The van der Waals surface area contributed by atoms with Gasteiger partial charge < -0.3 is 5.32 Å². The lowest BCUT2D eigenvalue weighted by Gasteiger charge is -2.07. The van der Waals surface area contributed by atoms with E-state index in [4.69, 9.17) is 0 Å². The third-order valence-corrected chi connectivity index (χ3v) is 7.13. The molecule has 0 saturated carbocycles. The van der Waals surface area contributed by atoms with Gasteiger partial charge in [-0.25, -0.2) is 8.42 Å². The predicted molar refractivity (Wildman–Crippen MR) is 102 cm³/mol. The SMILES string of the molecule is O=C(/C=C/c1ccc(-c2ccc(Br)cc2)s1)NC1CCS(=O)(=O)C1. The number of hydrogen-bond donors (Lipinski definition) is 1. The second kappa shape index (κ2) is 7.21. The van der Waals surface area contributed by atoms with E-state index in [-0.39, 0.29) is 23.5 Å². The van der Waals surface area contributed by atoms with Crippen molar-refractivity contribution < 1.29 is 13.2 Å². The first kappa shape index (κ1) is 17.4. The minimum absolute atomic E-state index is 0.0410. The van der Waals surface area contributed by atoms with E-state index >= 15 is 0 Å². The summed E-state index contributed by atoms with van der Waals surface area (Å²) >= 11 is 5.02. The van der Waals surface area contributed by atoms with Crippen molar-refractivity contribution in [2.75, 3.05) is 11.5 Å². The quantitative estimate of drug-likeness (QED) is 0.762. The third-order valence-electron chi connectivity index (χ3n) is 3.73. The van der Waals surface area contributed by atoms with Gasteiger partial charge in [-0.1, -0.05) is 28.1 Å². The molecule has 4 nitrogen and oxygen atoms in total. The zero-order chi connectivity index (χ0) is 17.2. The predicted octanol–water partition coefficient (Wildman–Crippen LogP) is 3.49. The maximum Gasteiger partial charge on any atom is 0.244 e. The molecule has 1 saturated heterocycles. The molecule has 1 aliphatic heterocycles. The highest BCUT2D eigenvalue weighted by Gasteiger charge is 2.28. The van der Waals surface area contributed by atoms with Crippen LogP contribution in [-0.4, -0.2) is 31.9 Å². The molecular formula is C17H16BrNO3S2. The van der Waals surface area contributed by atoms with Crippen LogP contribution in [0.1, 0.15) is 11.3 Å². The van der Waals surface area contributed by atoms with E-state index in [1.54, 1.807) is 17.4 Å². The highest BCUT2D eigenvalue weighted by atomic mass is 79.9. The van der Waals surface area contributed by atoms with E-state index in [1.165, 1.54) is 6.08 Å². The summed E-state index contributed by atoms with van der Waals surface area (Å²) < 4.78 is 23.8. The minimum atomic E-state index is -2.98. The van der Waals surface area contributed by atoms with Crippen LogP contribution >= 0.6 is 27.3 Å². The molecule has 24 heavy (non-hydrogen) atoms. The van der Waals surface area contributed by atoms with Crippen LogP contribution in [0.2, 0.25) is 0 Å². The van der Waals surface area contributed by atoms with Crippen molar-refractivity contribution in [3.05, 3.63) is 51.8 Å². The standard InChI is InChI=1S/C17H16BrNO3S2/c18-13-3-1-12(2-4-13)16-7-5-15(23-16)6-8-17(20)19-14-9-10-24(21,22)11-14/h1-8,14H,9-11H2,(H,19,20)/b8-6+. The highest BCUT2D eigenvalue weighted by molar-refractivity contribution is 9.10. The Bertz CT molecular complexity index is 869. The third kappa shape index (κ3) is 4.55. The highest BCUT2D eigenvalue weighted by Crippen LogP contribution is 2.29. The molecule has 1 aromatic carbocycles. The number of sulfone groups is 1. The summed E-state index contributed by atoms with van der Waals surface area (Å²) in [6, 6.07) is 11.8. The largest absolute Gasteiger partial charge is 0.349 e. The van der Waals surface area contributed by atoms with Crippen molar-refractivity contribution in [1.82, 2.24) is 5.32 Å². The lowest BCUT2D eigenvalue weighted by atomic mass is 10.2. The molecule has 0 aliphatic carbocycles. The summed E-state index contributed by atoms with van der Waals surface area (Å²) in [6.07, 6.45) is 3.71. The van der Waals surface area contributed by atoms with Crippen LogP contribution in [0.3, 0.4) is 0 Å². The fraction of sp³-hybridized carbons (Fsp3) is 0.235. The summed E-state index contributed by atoms with van der Waals surface area (Å²) in [5.74, 6) is -0.0571. The maximum atomic E-state index is 11.9. The van der Waals surface area contributed by atoms with Gasteiger partial charge in [-0.15, -0.1) is 11.3 Å². The molecule has 3 rings (SSSR count). The Kier molecular flexibility index (Phi) is 5.22. The first-order chi connectivity index (χ1) is 11.4. The Morgan fingerprint density at radius 1 is 1.21 bits per heavy atom. The van der Waals surface area contributed by atoms with Crippen LogP contribution in [0.15, 0.2) is 46.9 Å². The van der Waals surface area contributed by atoms with E-state index in [0.717, 1.165) is 19.8 Å². The van der Waals surface area contributed by atoms with Gasteiger partial charge in [0.25, 0.3) is 0 Å². The molecule has 1 N–H and O–H groups in total. The summed E-state index contributed by atoms with van der Waals surface area (Å²) in [5, 5.41) is 2.74. The molecule has 2 heterocycles. The molecule has 1 aromatic heterocycles. The topological polar surface area (TPSA) is 63.2 Å². The van der Waals surface area contributed by atoms with Gasteiger partial charge in [0.1, 0.15) is 0 Å². The molecule has 1 unspecified atom stereocenters. The Balaban J connectivity index is 1.61. The van der Waals surface area contributed by atoms with Crippen LogP contribution < -0.4 is 5.32 Å². The number of nitrogens with one attached hydrogen (secondary N) is 1. The van der Waals surface area contributed by atoms with Crippen LogP contribution in [0.5, 0.6) is 0 Å².